The highest BCUT2D eigenvalue weighted by atomic mass is 35.5. The van der Waals surface area contributed by atoms with E-state index in [1.54, 1.807) is 0 Å². The van der Waals surface area contributed by atoms with Crippen molar-refractivity contribution < 1.29 is 9.63 Å². The second kappa shape index (κ2) is 5.88. The standard InChI is InChI=1S/C17H16ClNO2/c18-15-8-4-7-14(11-15)17(9-10-17)16(20)19-21-12-13-5-2-1-3-6-13/h1-8,11H,9-10,12H2,(H,19,20). The number of benzene rings is 2. The van der Waals surface area contributed by atoms with E-state index in [-0.39, 0.29) is 5.91 Å². The monoisotopic (exact) mass is 301 g/mol. The molecule has 2 aromatic rings. The van der Waals surface area contributed by atoms with E-state index < -0.39 is 5.41 Å². The SMILES string of the molecule is O=C(NOCc1ccccc1)C1(c2cccc(Cl)c2)CC1. The highest BCUT2D eigenvalue weighted by molar-refractivity contribution is 6.30. The molecule has 0 saturated heterocycles. The smallest absolute Gasteiger partial charge is 0.254 e. The van der Waals surface area contributed by atoms with Crippen molar-refractivity contribution in [3.63, 3.8) is 0 Å². The summed E-state index contributed by atoms with van der Waals surface area (Å²) in [5, 5.41) is 0.650. The van der Waals surface area contributed by atoms with Crippen LogP contribution < -0.4 is 5.48 Å². The van der Waals surface area contributed by atoms with E-state index in [0.717, 1.165) is 24.0 Å². The third kappa shape index (κ3) is 3.09. The molecule has 3 rings (SSSR count). The van der Waals surface area contributed by atoms with Gasteiger partial charge in [-0.15, -0.1) is 0 Å². The van der Waals surface area contributed by atoms with Gasteiger partial charge in [-0.25, -0.2) is 5.48 Å². The van der Waals surface area contributed by atoms with E-state index in [9.17, 15) is 4.79 Å². The molecule has 1 fully saturated rings. The Morgan fingerprint density at radius 2 is 1.90 bits per heavy atom. The summed E-state index contributed by atoms with van der Waals surface area (Å²) in [6.07, 6.45) is 1.65. The Morgan fingerprint density at radius 3 is 2.57 bits per heavy atom. The molecule has 1 aliphatic carbocycles. The fraction of sp³-hybridized carbons (Fsp3) is 0.235. The zero-order valence-electron chi connectivity index (χ0n) is 11.5. The van der Waals surface area contributed by atoms with Gasteiger partial charge in [0.25, 0.3) is 5.91 Å². The summed E-state index contributed by atoms with van der Waals surface area (Å²) in [6, 6.07) is 17.2. The molecule has 4 heteroatoms. The lowest BCUT2D eigenvalue weighted by atomic mass is 9.95. The molecular weight excluding hydrogens is 286 g/mol. The van der Waals surface area contributed by atoms with E-state index in [1.807, 2.05) is 54.6 Å². The van der Waals surface area contributed by atoms with Gasteiger partial charge in [-0.05, 0) is 36.1 Å². The third-order valence-electron chi connectivity index (χ3n) is 3.81. The van der Waals surface area contributed by atoms with Crippen LogP contribution >= 0.6 is 11.6 Å². The molecule has 1 aliphatic rings. The van der Waals surface area contributed by atoms with E-state index in [2.05, 4.69) is 5.48 Å². The number of halogens is 1. The number of nitrogens with one attached hydrogen (secondary N) is 1. The van der Waals surface area contributed by atoms with Crippen LogP contribution in [0.3, 0.4) is 0 Å². The topological polar surface area (TPSA) is 38.3 Å². The average molecular weight is 302 g/mol. The van der Waals surface area contributed by atoms with Crippen molar-refractivity contribution >= 4 is 17.5 Å². The van der Waals surface area contributed by atoms with Crippen LogP contribution in [0, 0.1) is 0 Å². The van der Waals surface area contributed by atoms with Crippen molar-refractivity contribution in [2.45, 2.75) is 24.9 Å². The molecule has 0 heterocycles. The molecule has 108 valence electrons. The molecule has 1 amide bonds. The van der Waals surface area contributed by atoms with Gasteiger partial charge in [0.05, 0.1) is 12.0 Å². The van der Waals surface area contributed by atoms with Crippen molar-refractivity contribution in [2.75, 3.05) is 0 Å². The molecule has 0 atom stereocenters. The number of carbonyl (C=O) groups excluding carboxylic acids is 1. The number of rotatable bonds is 5. The molecule has 0 aromatic heterocycles. The highest BCUT2D eigenvalue weighted by Crippen LogP contribution is 2.48. The lowest BCUT2D eigenvalue weighted by molar-refractivity contribution is -0.137. The number of hydrogen-bond acceptors (Lipinski definition) is 2. The van der Waals surface area contributed by atoms with E-state index in [4.69, 9.17) is 16.4 Å². The molecule has 2 aromatic carbocycles. The van der Waals surface area contributed by atoms with Crippen molar-refractivity contribution in [1.82, 2.24) is 5.48 Å². The van der Waals surface area contributed by atoms with Crippen molar-refractivity contribution in [2.24, 2.45) is 0 Å². The summed E-state index contributed by atoms with van der Waals surface area (Å²) in [5.41, 5.74) is 4.07. The predicted molar refractivity (Wildman–Crippen MR) is 81.7 cm³/mol. The second-order valence-corrected chi connectivity index (χ2v) is 5.73. The Balaban J connectivity index is 1.60. The Hall–Kier alpha value is -1.84. The van der Waals surface area contributed by atoms with Crippen LogP contribution in [-0.2, 0) is 21.7 Å². The van der Waals surface area contributed by atoms with E-state index >= 15 is 0 Å². The maximum Gasteiger partial charge on any atom is 0.254 e. The minimum atomic E-state index is -0.471. The zero-order valence-corrected chi connectivity index (χ0v) is 12.3. The van der Waals surface area contributed by atoms with Crippen molar-refractivity contribution in [1.29, 1.82) is 0 Å². The van der Waals surface area contributed by atoms with Gasteiger partial charge in [0.1, 0.15) is 0 Å². The highest BCUT2D eigenvalue weighted by Gasteiger charge is 2.51. The third-order valence-corrected chi connectivity index (χ3v) is 4.04. The van der Waals surface area contributed by atoms with Gasteiger partial charge in [0.15, 0.2) is 0 Å². The molecule has 0 aliphatic heterocycles. The molecule has 0 bridgehead atoms. The molecule has 1 N–H and O–H groups in total. The maximum atomic E-state index is 12.4. The summed E-state index contributed by atoms with van der Waals surface area (Å²) < 4.78 is 0. The minimum absolute atomic E-state index is 0.0966. The zero-order chi connectivity index (χ0) is 14.7. The Bertz CT molecular complexity index is 638. The number of amides is 1. The summed E-state index contributed by atoms with van der Waals surface area (Å²) >= 11 is 6.00. The summed E-state index contributed by atoms with van der Waals surface area (Å²) in [6.45, 7) is 0.359. The Morgan fingerprint density at radius 1 is 1.14 bits per heavy atom. The largest absolute Gasteiger partial charge is 0.272 e. The van der Waals surface area contributed by atoms with Gasteiger partial charge in [-0.1, -0.05) is 54.1 Å². The molecule has 3 nitrogen and oxygen atoms in total. The lowest BCUT2D eigenvalue weighted by Crippen LogP contribution is -2.34. The number of carbonyl (C=O) groups is 1. The number of hydroxylamine groups is 1. The first kappa shape index (κ1) is 14.1. The average Bonchev–Trinajstić information content (AvgIpc) is 3.30. The molecule has 21 heavy (non-hydrogen) atoms. The fourth-order valence-electron chi connectivity index (χ4n) is 2.41. The molecule has 0 spiro atoms. The molecular formula is C17H16ClNO2. The van der Waals surface area contributed by atoms with E-state index in [1.165, 1.54) is 0 Å². The fourth-order valence-corrected chi connectivity index (χ4v) is 2.61. The van der Waals surface area contributed by atoms with Crippen LogP contribution in [0.1, 0.15) is 24.0 Å². The summed E-state index contributed by atoms with van der Waals surface area (Å²) in [4.78, 5) is 17.7. The van der Waals surface area contributed by atoms with Crippen LogP contribution in [0.25, 0.3) is 0 Å². The van der Waals surface area contributed by atoms with Gasteiger partial charge in [0, 0.05) is 5.02 Å². The van der Waals surface area contributed by atoms with Crippen LogP contribution in [0.4, 0.5) is 0 Å². The van der Waals surface area contributed by atoms with Gasteiger partial charge in [0.2, 0.25) is 0 Å². The lowest BCUT2D eigenvalue weighted by Gasteiger charge is -2.15. The van der Waals surface area contributed by atoms with Crippen LogP contribution in [0.5, 0.6) is 0 Å². The minimum Gasteiger partial charge on any atom is -0.272 e. The van der Waals surface area contributed by atoms with Crippen LogP contribution in [0.2, 0.25) is 5.02 Å². The maximum absolute atomic E-state index is 12.4. The van der Waals surface area contributed by atoms with Gasteiger partial charge in [-0.2, -0.15) is 0 Å². The first-order valence-corrected chi connectivity index (χ1v) is 7.31. The predicted octanol–water partition coefficient (Wildman–Crippen LogP) is 3.62. The summed E-state index contributed by atoms with van der Waals surface area (Å²) in [7, 11) is 0. The van der Waals surface area contributed by atoms with Crippen molar-refractivity contribution in [3.05, 3.63) is 70.7 Å². The normalized spacial score (nSPS) is 15.5. The van der Waals surface area contributed by atoms with Gasteiger partial charge in [-0.3, -0.25) is 9.63 Å². The Kier molecular flexibility index (Phi) is 3.95. The molecule has 0 radical (unpaired) electrons. The number of hydrogen-bond donors (Lipinski definition) is 1. The van der Waals surface area contributed by atoms with Crippen LogP contribution in [0.15, 0.2) is 54.6 Å². The Labute approximate surface area is 128 Å². The van der Waals surface area contributed by atoms with Gasteiger partial charge >= 0.3 is 0 Å². The van der Waals surface area contributed by atoms with Crippen LogP contribution in [-0.4, -0.2) is 5.91 Å². The van der Waals surface area contributed by atoms with Crippen molar-refractivity contribution in [3.8, 4) is 0 Å². The van der Waals surface area contributed by atoms with Gasteiger partial charge < -0.3 is 0 Å². The molecule has 1 saturated carbocycles. The molecule has 0 unspecified atom stereocenters. The first-order valence-electron chi connectivity index (χ1n) is 6.93. The quantitative estimate of drug-likeness (QED) is 0.857. The summed E-state index contributed by atoms with van der Waals surface area (Å²) in [5.74, 6) is -0.0966. The second-order valence-electron chi connectivity index (χ2n) is 5.30. The first-order chi connectivity index (χ1) is 10.2. The van der Waals surface area contributed by atoms with E-state index in [0.29, 0.717) is 11.6 Å².